The van der Waals surface area contributed by atoms with Crippen LogP contribution in [0.3, 0.4) is 0 Å². The molecule has 0 saturated carbocycles. The van der Waals surface area contributed by atoms with Crippen molar-refractivity contribution in [2.75, 3.05) is 37.0 Å². The fourth-order valence-corrected chi connectivity index (χ4v) is 4.04. The Labute approximate surface area is 185 Å². The third-order valence-electron chi connectivity index (χ3n) is 5.06. The van der Waals surface area contributed by atoms with Crippen LogP contribution in [0.25, 0.3) is 11.3 Å². The van der Waals surface area contributed by atoms with Gasteiger partial charge in [0.25, 0.3) is 5.91 Å². The van der Waals surface area contributed by atoms with Crippen molar-refractivity contribution in [3.63, 3.8) is 0 Å². The number of thiazole rings is 1. The molecule has 2 N–H and O–H groups in total. The lowest BCUT2D eigenvalue weighted by Gasteiger charge is -2.19. The Kier molecular flexibility index (Phi) is 6.38. The van der Waals surface area contributed by atoms with Crippen molar-refractivity contribution >= 4 is 41.4 Å². The number of carbonyl (C=O) groups is 2. The summed E-state index contributed by atoms with van der Waals surface area (Å²) in [5.74, 6) is -0.622. The summed E-state index contributed by atoms with van der Waals surface area (Å²) in [7, 11) is 3.88. The van der Waals surface area contributed by atoms with E-state index < -0.39 is 0 Å². The minimum atomic E-state index is -0.324. The number of rotatable bonds is 6. The molecule has 3 heterocycles. The molecule has 1 aliphatic rings. The molecule has 0 spiro atoms. The van der Waals surface area contributed by atoms with Gasteiger partial charge < -0.3 is 24.7 Å². The van der Waals surface area contributed by atoms with Crippen molar-refractivity contribution in [2.24, 2.45) is 0 Å². The summed E-state index contributed by atoms with van der Waals surface area (Å²) < 4.78 is 7.40. The zero-order valence-corrected chi connectivity index (χ0v) is 18.2. The number of hydrogen-bond acceptors (Lipinski definition) is 6. The highest BCUT2D eigenvalue weighted by atomic mass is 32.1. The first-order valence-electron chi connectivity index (χ1n) is 9.96. The maximum absolute atomic E-state index is 12.2. The van der Waals surface area contributed by atoms with E-state index in [-0.39, 0.29) is 18.4 Å². The largest absolute Gasteiger partial charge is 0.402 e. The number of nitrogens with one attached hydrogen (secondary N) is 2. The molecule has 0 bridgehead atoms. The third-order valence-corrected chi connectivity index (χ3v) is 5.81. The molecule has 0 fully saturated rings. The van der Waals surface area contributed by atoms with Gasteiger partial charge in [-0.15, -0.1) is 11.3 Å². The Morgan fingerprint density at radius 3 is 3.00 bits per heavy atom. The maximum Gasteiger partial charge on any atom is 0.253 e. The molecule has 0 aliphatic carbocycles. The lowest BCUT2D eigenvalue weighted by atomic mass is 10.0. The first-order chi connectivity index (χ1) is 15.0. The monoisotopic (exact) mass is 436 g/mol. The Hall–Kier alpha value is -3.11. The first-order valence-corrected chi connectivity index (χ1v) is 10.8. The van der Waals surface area contributed by atoms with E-state index in [4.69, 9.17) is 4.74 Å². The molecule has 0 unspecified atom stereocenters. The van der Waals surface area contributed by atoms with E-state index in [1.807, 2.05) is 32.7 Å². The van der Waals surface area contributed by atoms with Crippen LogP contribution in [0.1, 0.15) is 15.9 Å². The van der Waals surface area contributed by atoms with Crippen LogP contribution in [0.15, 0.2) is 42.0 Å². The summed E-state index contributed by atoms with van der Waals surface area (Å²) in [5, 5.41) is 7.77. The van der Waals surface area contributed by atoms with Crippen molar-refractivity contribution in [1.29, 1.82) is 0 Å². The van der Waals surface area contributed by atoms with Gasteiger partial charge >= 0.3 is 0 Å². The molecule has 8 nitrogen and oxygen atoms in total. The minimum Gasteiger partial charge on any atom is -0.402 e. The van der Waals surface area contributed by atoms with E-state index in [1.54, 1.807) is 22.9 Å². The fraction of sp³-hybridized carbons (Fsp3) is 0.286. The van der Waals surface area contributed by atoms with Gasteiger partial charge in [0.1, 0.15) is 0 Å². The van der Waals surface area contributed by atoms with E-state index in [0.29, 0.717) is 23.9 Å². The average Bonchev–Trinajstić information content (AvgIpc) is 3.41. The van der Waals surface area contributed by atoms with Gasteiger partial charge in [-0.3, -0.25) is 9.59 Å². The summed E-state index contributed by atoms with van der Waals surface area (Å²) in [6.07, 6.45) is 3.48. The summed E-state index contributed by atoms with van der Waals surface area (Å²) in [4.78, 5) is 31.1. The Balaban J connectivity index is 1.36. The van der Waals surface area contributed by atoms with Crippen molar-refractivity contribution in [2.45, 2.75) is 13.4 Å². The fourth-order valence-electron chi connectivity index (χ4n) is 3.30. The third kappa shape index (κ3) is 4.97. The van der Waals surface area contributed by atoms with Gasteiger partial charge in [0.2, 0.25) is 13.3 Å². The molecule has 1 radical (unpaired) electrons. The van der Waals surface area contributed by atoms with Gasteiger partial charge in [0, 0.05) is 42.0 Å². The van der Waals surface area contributed by atoms with Gasteiger partial charge in [0.05, 0.1) is 31.0 Å². The van der Waals surface area contributed by atoms with Crippen LogP contribution >= 0.6 is 11.3 Å². The Morgan fingerprint density at radius 1 is 1.32 bits per heavy atom. The molecule has 3 aromatic rings. The molecule has 4 rings (SSSR count). The molecule has 2 aromatic heterocycles. The van der Waals surface area contributed by atoms with Gasteiger partial charge in [-0.25, -0.2) is 4.98 Å². The number of fused-ring (bicyclic) bond motifs is 1. The van der Waals surface area contributed by atoms with Gasteiger partial charge in [-0.05, 0) is 18.3 Å². The highest BCUT2D eigenvalue weighted by Crippen LogP contribution is 2.31. The molecular formula is C21H23BN5O3S. The molecule has 10 heteroatoms. The second-order valence-corrected chi connectivity index (χ2v) is 8.05. The number of amides is 2. The van der Waals surface area contributed by atoms with E-state index >= 15 is 0 Å². The highest BCUT2D eigenvalue weighted by molar-refractivity contribution is 7.14. The van der Waals surface area contributed by atoms with Gasteiger partial charge in [-0.1, -0.05) is 19.0 Å². The van der Waals surface area contributed by atoms with Crippen LogP contribution in [0.4, 0.5) is 10.8 Å². The zero-order valence-electron chi connectivity index (χ0n) is 17.4. The Morgan fingerprint density at radius 2 is 2.19 bits per heavy atom. The maximum atomic E-state index is 12.2. The molecule has 1 aromatic carbocycles. The number of nitrogens with zero attached hydrogens (tertiary/aromatic N) is 3. The normalized spacial score (nSPS) is 13.3. The predicted molar refractivity (Wildman–Crippen MR) is 123 cm³/mol. The molecule has 2 amide bonds. The number of ether oxygens (including phenoxy) is 1. The van der Waals surface area contributed by atoms with E-state index in [1.165, 1.54) is 11.3 Å². The lowest BCUT2D eigenvalue weighted by molar-refractivity contribution is -0.115. The molecule has 0 saturated heterocycles. The summed E-state index contributed by atoms with van der Waals surface area (Å²) >= 11 is 1.35. The van der Waals surface area contributed by atoms with Crippen molar-refractivity contribution in [3.05, 3.63) is 53.2 Å². The molecule has 159 valence electrons. The smallest absolute Gasteiger partial charge is 0.253 e. The minimum absolute atomic E-state index is 0.127. The molecular weight excluding hydrogens is 413 g/mol. The first kappa shape index (κ1) is 21.1. The predicted octanol–water partition coefficient (Wildman–Crippen LogP) is 2.46. The molecule has 31 heavy (non-hydrogen) atoms. The zero-order chi connectivity index (χ0) is 21.8. The van der Waals surface area contributed by atoms with E-state index in [2.05, 4.69) is 32.7 Å². The Bertz CT molecular complexity index is 1100. The van der Waals surface area contributed by atoms with Crippen LogP contribution in [0, 0.1) is 0 Å². The molecule has 0 atom stereocenters. The average molecular weight is 436 g/mol. The quantitative estimate of drug-likeness (QED) is 0.580. The van der Waals surface area contributed by atoms with Crippen molar-refractivity contribution in [1.82, 2.24) is 14.8 Å². The number of benzene rings is 1. The standard InChI is InChI=1S/C21H23BN5O3S/c1-22-27-6-5-15(11-27)20(29)23-10-19(28)25-21-24-17(13-31-21)14-3-4-16-12-30-8-7-26(2)18(16)9-14/h3-6,9,11,13H,7-8,10,12H2,1-2H3,(H,23,29)(H,24,25,28). The van der Waals surface area contributed by atoms with Crippen LogP contribution < -0.4 is 15.5 Å². The SMILES string of the molecule is C[B]n1ccc(C(=O)NCC(=O)Nc2nc(-c3ccc4c(c3)N(C)CCOC4)cs2)c1. The van der Waals surface area contributed by atoms with Crippen LogP contribution in [-0.4, -0.2) is 55.4 Å². The lowest BCUT2D eigenvalue weighted by Crippen LogP contribution is -2.32. The van der Waals surface area contributed by atoms with Gasteiger partial charge in [0.15, 0.2) is 5.13 Å². The second-order valence-electron chi connectivity index (χ2n) is 7.19. The van der Waals surface area contributed by atoms with Crippen LogP contribution in [0.5, 0.6) is 0 Å². The van der Waals surface area contributed by atoms with E-state index in [0.717, 1.165) is 29.1 Å². The number of carbonyl (C=O) groups excluding carboxylic acids is 2. The van der Waals surface area contributed by atoms with Crippen LogP contribution in [-0.2, 0) is 16.1 Å². The van der Waals surface area contributed by atoms with Crippen molar-refractivity contribution in [3.8, 4) is 11.3 Å². The van der Waals surface area contributed by atoms with Crippen LogP contribution in [0.2, 0.25) is 6.82 Å². The van der Waals surface area contributed by atoms with E-state index in [9.17, 15) is 9.59 Å². The number of hydrogen-bond donors (Lipinski definition) is 2. The number of anilines is 2. The number of aromatic nitrogens is 2. The van der Waals surface area contributed by atoms with Gasteiger partial charge in [-0.2, -0.15) is 0 Å². The second kappa shape index (κ2) is 9.36. The summed E-state index contributed by atoms with van der Waals surface area (Å²) in [5.41, 5.74) is 4.56. The number of likely N-dealkylation sites (N-methyl/N-ethyl adjacent to an activating group) is 1. The topological polar surface area (TPSA) is 88.5 Å². The van der Waals surface area contributed by atoms with Crippen molar-refractivity contribution < 1.29 is 14.3 Å². The molecule has 1 aliphatic heterocycles. The highest BCUT2D eigenvalue weighted by Gasteiger charge is 2.15. The summed E-state index contributed by atoms with van der Waals surface area (Å²) in [6.45, 7) is 3.88. The summed E-state index contributed by atoms with van der Waals surface area (Å²) in [6, 6.07) is 7.88.